The SMILES string of the molecule is C/C=C(\OCCC)C1CCC(O)CC1. The lowest BCUT2D eigenvalue weighted by atomic mass is 9.86. The summed E-state index contributed by atoms with van der Waals surface area (Å²) in [5.74, 6) is 1.69. The Morgan fingerprint density at radius 1 is 1.36 bits per heavy atom. The van der Waals surface area contributed by atoms with Crippen LogP contribution in [-0.4, -0.2) is 17.8 Å². The molecule has 0 bridgehead atoms. The van der Waals surface area contributed by atoms with Gasteiger partial charge in [-0.15, -0.1) is 0 Å². The first-order valence-corrected chi connectivity index (χ1v) is 5.75. The second-order valence-electron chi connectivity index (χ2n) is 4.04. The fraction of sp³-hybridized carbons (Fsp3) is 0.833. The lowest BCUT2D eigenvalue weighted by Gasteiger charge is -2.27. The standard InChI is InChI=1S/C12H22O2/c1-3-9-14-12(4-2)10-5-7-11(13)8-6-10/h4,10-11,13H,3,5-9H2,1-2H3/b12-4-. The van der Waals surface area contributed by atoms with Gasteiger partial charge < -0.3 is 9.84 Å². The summed E-state index contributed by atoms with van der Waals surface area (Å²) in [6.07, 6.45) is 7.07. The molecule has 1 aliphatic rings. The summed E-state index contributed by atoms with van der Waals surface area (Å²) in [5.41, 5.74) is 0. The van der Waals surface area contributed by atoms with Gasteiger partial charge in [-0.25, -0.2) is 0 Å². The van der Waals surface area contributed by atoms with Crippen LogP contribution in [-0.2, 0) is 4.74 Å². The summed E-state index contributed by atoms with van der Waals surface area (Å²) in [6.45, 7) is 4.98. The van der Waals surface area contributed by atoms with Gasteiger partial charge in [0.2, 0.25) is 0 Å². The zero-order valence-electron chi connectivity index (χ0n) is 9.33. The normalized spacial score (nSPS) is 28.9. The molecule has 0 atom stereocenters. The number of allylic oxidation sites excluding steroid dienone is 2. The first kappa shape index (κ1) is 11.6. The molecule has 1 N–H and O–H groups in total. The van der Waals surface area contributed by atoms with Crippen LogP contribution in [0, 0.1) is 5.92 Å². The van der Waals surface area contributed by atoms with Gasteiger partial charge in [0.05, 0.1) is 18.5 Å². The molecule has 1 fully saturated rings. The third-order valence-electron chi connectivity index (χ3n) is 2.86. The molecule has 82 valence electrons. The molecule has 0 spiro atoms. The highest BCUT2D eigenvalue weighted by molar-refractivity contribution is 4.99. The molecule has 2 nitrogen and oxygen atoms in total. The Balaban J connectivity index is 2.37. The van der Waals surface area contributed by atoms with E-state index in [0.29, 0.717) is 5.92 Å². The summed E-state index contributed by atoms with van der Waals surface area (Å²) in [4.78, 5) is 0. The Labute approximate surface area is 87.0 Å². The topological polar surface area (TPSA) is 29.5 Å². The molecule has 0 amide bonds. The molecule has 0 heterocycles. The van der Waals surface area contributed by atoms with Crippen molar-refractivity contribution in [3.63, 3.8) is 0 Å². The third kappa shape index (κ3) is 3.33. The number of aliphatic hydroxyl groups is 1. The Kier molecular flexibility index (Phi) is 5.02. The van der Waals surface area contributed by atoms with Crippen LogP contribution in [0.2, 0.25) is 0 Å². The van der Waals surface area contributed by atoms with Gasteiger partial charge in [-0.1, -0.05) is 6.92 Å². The van der Waals surface area contributed by atoms with Gasteiger partial charge in [0.15, 0.2) is 0 Å². The van der Waals surface area contributed by atoms with Crippen LogP contribution in [0.3, 0.4) is 0 Å². The van der Waals surface area contributed by atoms with Crippen LogP contribution in [0.1, 0.15) is 46.0 Å². The first-order chi connectivity index (χ1) is 6.77. The maximum absolute atomic E-state index is 9.40. The highest BCUT2D eigenvalue weighted by Crippen LogP contribution is 2.30. The number of rotatable bonds is 4. The number of aliphatic hydroxyl groups excluding tert-OH is 1. The van der Waals surface area contributed by atoms with Crippen LogP contribution < -0.4 is 0 Å². The van der Waals surface area contributed by atoms with Gasteiger partial charge in [-0.2, -0.15) is 0 Å². The maximum Gasteiger partial charge on any atom is 0.0948 e. The molecule has 2 heteroatoms. The van der Waals surface area contributed by atoms with Gasteiger partial charge in [0.25, 0.3) is 0 Å². The molecule has 0 aromatic heterocycles. The quantitative estimate of drug-likeness (QED) is 0.704. The predicted molar refractivity (Wildman–Crippen MR) is 58.0 cm³/mol. The van der Waals surface area contributed by atoms with E-state index in [0.717, 1.165) is 44.5 Å². The lowest BCUT2D eigenvalue weighted by Crippen LogP contribution is -2.20. The monoisotopic (exact) mass is 198 g/mol. The predicted octanol–water partition coefficient (Wildman–Crippen LogP) is 2.87. The Morgan fingerprint density at radius 2 is 2.00 bits per heavy atom. The van der Waals surface area contributed by atoms with E-state index in [4.69, 9.17) is 4.74 Å². The van der Waals surface area contributed by atoms with Crippen LogP contribution in [0.4, 0.5) is 0 Å². The molecule has 1 aliphatic carbocycles. The van der Waals surface area contributed by atoms with Crippen molar-refractivity contribution in [2.75, 3.05) is 6.61 Å². The number of hydrogen-bond donors (Lipinski definition) is 1. The average molecular weight is 198 g/mol. The molecule has 0 aromatic rings. The van der Waals surface area contributed by atoms with Gasteiger partial charge in [0.1, 0.15) is 0 Å². The van der Waals surface area contributed by atoms with Crippen LogP contribution in [0.15, 0.2) is 11.8 Å². The van der Waals surface area contributed by atoms with Crippen molar-refractivity contribution >= 4 is 0 Å². The van der Waals surface area contributed by atoms with Crippen molar-refractivity contribution in [3.05, 3.63) is 11.8 Å². The van der Waals surface area contributed by atoms with Crippen molar-refractivity contribution in [3.8, 4) is 0 Å². The molecule has 0 saturated heterocycles. The largest absolute Gasteiger partial charge is 0.498 e. The van der Waals surface area contributed by atoms with Gasteiger partial charge >= 0.3 is 0 Å². The van der Waals surface area contributed by atoms with Crippen molar-refractivity contribution in [2.24, 2.45) is 5.92 Å². The molecule has 0 aliphatic heterocycles. The van der Waals surface area contributed by atoms with E-state index >= 15 is 0 Å². The summed E-state index contributed by atoms with van der Waals surface area (Å²) in [6, 6.07) is 0. The Morgan fingerprint density at radius 3 is 2.50 bits per heavy atom. The van der Waals surface area contributed by atoms with Crippen molar-refractivity contribution < 1.29 is 9.84 Å². The first-order valence-electron chi connectivity index (χ1n) is 5.75. The molecular formula is C12H22O2. The smallest absolute Gasteiger partial charge is 0.0948 e. The minimum Gasteiger partial charge on any atom is -0.498 e. The van der Waals surface area contributed by atoms with E-state index in [1.54, 1.807) is 0 Å². The fourth-order valence-electron chi connectivity index (χ4n) is 2.02. The Bertz CT molecular complexity index is 179. The number of hydrogen-bond acceptors (Lipinski definition) is 2. The highest BCUT2D eigenvalue weighted by atomic mass is 16.5. The van der Waals surface area contributed by atoms with Gasteiger partial charge in [-0.3, -0.25) is 0 Å². The summed E-state index contributed by atoms with van der Waals surface area (Å²) >= 11 is 0. The minimum atomic E-state index is -0.0736. The second kappa shape index (κ2) is 6.07. The van der Waals surface area contributed by atoms with E-state index in [9.17, 15) is 5.11 Å². The highest BCUT2D eigenvalue weighted by Gasteiger charge is 2.22. The minimum absolute atomic E-state index is 0.0736. The van der Waals surface area contributed by atoms with E-state index in [-0.39, 0.29) is 6.10 Å². The Hall–Kier alpha value is -0.500. The maximum atomic E-state index is 9.40. The van der Waals surface area contributed by atoms with Gasteiger partial charge in [-0.05, 0) is 45.1 Å². The van der Waals surface area contributed by atoms with Crippen LogP contribution >= 0.6 is 0 Å². The molecular weight excluding hydrogens is 176 g/mol. The van der Waals surface area contributed by atoms with Crippen molar-refractivity contribution in [1.29, 1.82) is 0 Å². The molecule has 14 heavy (non-hydrogen) atoms. The average Bonchev–Trinajstić information content (AvgIpc) is 2.21. The van der Waals surface area contributed by atoms with E-state index < -0.39 is 0 Å². The summed E-state index contributed by atoms with van der Waals surface area (Å²) < 4.78 is 5.69. The van der Waals surface area contributed by atoms with Crippen LogP contribution in [0.25, 0.3) is 0 Å². The van der Waals surface area contributed by atoms with E-state index in [2.05, 4.69) is 13.0 Å². The van der Waals surface area contributed by atoms with Crippen molar-refractivity contribution in [1.82, 2.24) is 0 Å². The van der Waals surface area contributed by atoms with Crippen LogP contribution in [0.5, 0.6) is 0 Å². The van der Waals surface area contributed by atoms with E-state index in [1.807, 2.05) is 6.92 Å². The van der Waals surface area contributed by atoms with Crippen molar-refractivity contribution in [2.45, 2.75) is 52.1 Å². The fourth-order valence-corrected chi connectivity index (χ4v) is 2.02. The molecule has 1 rings (SSSR count). The third-order valence-corrected chi connectivity index (χ3v) is 2.86. The summed E-state index contributed by atoms with van der Waals surface area (Å²) in [7, 11) is 0. The zero-order chi connectivity index (χ0) is 10.4. The molecule has 0 aromatic carbocycles. The molecule has 0 unspecified atom stereocenters. The van der Waals surface area contributed by atoms with Gasteiger partial charge in [0, 0.05) is 5.92 Å². The molecule has 0 radical (unpaired) electrons. The zero-order valence-corrected chi connectivity index (χ0v) is 9.33. The van der Waals surface area contributed by atoms with E-state index in [1.165, 1.54) is 0 Å². The second-order valence-corrected chi connectivity index (χ2v) is 4.04. The lowest BCUT2D eigenvalue weighted by molar-refractivity contribution is 0.0909. The summed E-state index contributed by atoms with van der Waals surface area (Å²) in [5, 5.41) is 9.40. The molecule has 1 saturated carbocycles. The number of ether oxygens (including phenoxy) is 1.